The van der Waals surface area contributed by atoms with Crippen LogP contribution in [0.2, 0.25) is 0 Å². The number of carboxylic acid groups (broad SMARTS) is 1. The Kier molecular flexibility index (Phi) is 6.21. The Hall–Kier alpha value is -1.01. The SMILES string of the molecule is CC(=O)NC(CSCc1ccccc1Br)C(=O)O. The zero-order chi connectivity index (χ0) is 13.5. The number of benzene rings is 1. The van der Waals surface area contributed by atoms with Crippen LogP contribution in [0.15, 0.2) is 28.7 Å². The second-order valence-electron chi connectivity index (χ2n) is 3.70. The molecule has 0 heterocycles. The number of carboxylic acids is 1. The van der Waals surface area contributed by atoms with Crippen molar-refractivity contribution in [3.8, 4) is 0 Å². The second-order valence-corrected chi connectivity index (χ2v) is 5.58. The number of halogens is 1. The van der Waals surface area contributed by atoms with Crippen molar-refractivity contribution >= 4 is 39.6 Å². The Morgan fingerprint density at radius 2 is 2.11 bits per heavy atom. The first-order chi connectivity index (χ1) is 8.50. The van der Waals surface area contributed by atoms with Gasteiger partial charge in [-0.15, -0.1) is 0 Å². The fourth-order valence-corrected chi connectivity index (χ4v) is 2.98. The summed E-state index contributed by atoms with van der Waals surface area (Å²) in [6, 6.07) is 6.94. The van der Waals surface area contributed by atoms with Crippen molar-refractivity contribution in [2.75, 3.05) is 5.75 Å². The zero-order valence-electron chi connectivity index (χ0n) is 9.85. The summed E-state index contributed by atoms with van der Waals surface area (Å²) in [6.45, 7) is 1.31. The van der Waals surface area contributed by atoms with Crippen molar-refractivity contribution in [2.45, 2.75) is 18.7 Å². The van der Waals surface area contributed by atoms with Crippen LogP contribution in [-0.4, -0.2) is 28.8 Å². The fourth-order valence-electron chi connectivity index (χ4n) is 1.32. The van der Waals surface area contributed by atoms with Crippen molar-refractivity contribution in [2.24, 2.45) is 0 Å². The Morgan fingerprint density at radius 3 is 2.67 bits per heavy atom. The summed E-state index contributed by atoms with van der Waals surface area (Å²) in [6.07, 6.45) is 0. The molecule has 1 amide bonds. The van der Waals surface area contributed by atoms with Gasteiger partial charge in [0.05, 0.1) is 0 Å². The standard InChI is InChI=1S/C12H14BrNO3S/c1-8(15)14-11(12(16)17)7-18-6-9-4-2-3-5-10(9)13/h2-5,11H,6-7H2,1H3,(H,14,15)(H,16,17). The molecule has 1 atom stereocenters. The average molecular weight is 332 g/mol. The fraction of sp³-hybridized carbons (Fsp3) is 0.333. The Bertz CT molecular complexity index is 439. The minimum atomic E-state index is -1.01. The molecule has 1 aromatic rings. The van der Waals surface area contributed by atoms with Gasteiger partial charge in [-0.1, -0.05) is 34.1 Å². The molecule has 0 spiro atoms. The lowest BCUT2D eigenvalue weighted by Gasteiger charge is -2.12. The Labute approximate surface area is 118 Å². The van der Waals surface area contributed by atoms with E-state index in [2.05, 4.69) is 21.2 Å². The van der Waals surface area contributed by atoms with Crippen molar-refractivity contribution in [1.29, 1.82) is 0 Å². The van der Waals surface area contributed by atoms with Gasteiger partial charge < -0.3 is 10.4 Å². The lowest BCUT2D eigenvalue weighted by Crippen LogP contribution is -2.41. The predicted molar refractivity (Wildman–Crippen MR) is 75.5 cm³/mol. The summed E-state index contributed by atoms with van der Waals surface area (Å²) < 4.78 is 1.00. The third kappa shape index (κ3) is 5.10. The molecule has 0 fully saturated rings. The number of hydrogen-bond acceptors (Lipinski definition) is 3. The van der Waals surface area contributed by atoms with Gasteiger partial charge in [0.2, 0.25) is 5.91 Å². The number of hydrogen-bond donors (Lipinski definition) is 2. The molecule has 6 heteroatoms. The van der Waals surface area contributed by atoms with Crippen LogP contribution < -0.4 is 5.32 Å². The van der Waals surface area contributed by atoms with Crippen LogP contribution in [0.3, 0.4) is 0 Å². The summed E-state index contributed by atoms with van der Waals surface area (Å²) in [5.74, 6) is -0.296. The van der Waals surface area contributed by atoms with Gasteiger partial charge in [0, 0.05) is 22.9 Å². The molecule has 18 heavy (non-hydrogen) atoms. The van der Waals surface area contributed by atoms with E-state index >= 15 is 0 Å². The molecule has 1 aromatic carbocycles. The summed E-state index contributed by atoms with van der Waals surface area (Å²) >= 11 is 4.91. The van der Waals surface area contributed by atoms with E-state index in [4.69, 9.17) is 5.11 Å². The topological polar surface area (TPSA) is 66.4 Å². The lowest BCUT2D eigenvalue weighted by atomic mass is 10.2. The average Bonchev–Trinajstić information content (AvgIpc) is 2.29. The molecule has 4 nitrogen and oxygen atoms in total. The number of nitrogens with one attached hydrogen (secondary N) is 1. The maximum Gasteiger partial charge on any atom is 0.327 e. The molecule has 0 saturated heterocycles. The molecule has 0 radical (unpaired) electrons. The van der Waals surface area contributed by atoms with Crippen LogP contribution in [0, 0.1) is 0 Å². The predicted octanol–water partition coefficient (Wildman–Crippen LogP) is 2.27. The number of amides is 1. The smallest absolute Gasteiger partial charge is 0.327 e. The highest BCUT2D eigenvalue weighted by atomic mass is 79.9. The van der Waals surface area contributed by atoms with Gasteiger partial charge in [-0.3, -0.25) is 4.79 Å². The van der Waals surface area contributed by atoms with E-state index in [1.807, 2.05) is 24.3 Å². The van der Waals surface area contributed by atoms with E-state index in [1.165, 1.54) is 18.7 Å². The number of rotatable bonds is 6. The van der Waals surface area contributed by atoms with E-state index < -0.39 is 12.0 Å². The molecule has 0 aliphatic carbocycles. The largest absolute Gasteiger partial charge is 0.480 e. The highest BCUT2D eigenvalue weighted by Crippen LogP contribution is 2.21. The number of aliphatic carboxylic acids is 1. The van der Waals surface area contributed by atoms with Gasteiger partial charge >= 0.3 is 5.97 Å². The highest BCUT2D eigenvalue weighted by Gasteiger charge is 2.18. The molecule has 2 N–H and O–H groups in total. The first-order valence-corrected chi connectivity index (χ1v) is 7.26. The van der Waals surface area contributed by atoms with Crippen molar-refractivity contribution in [3.63, 3.8) is 0 Å². The van der Waals surface area contributed by atoms with Gasteiger partial charge in [0.25, 0.3) is 0 Å². The lowest BCUT2D eigenvalue weighted by molar-refractivity contribution is -0.140. The molecule has 0 saturated carbocycles. The third-order valence-electron chi connectivity index (χ3n) is 2.18. The maximum absolute atomic E-state index is 10.9. The van der Waals surface area contributed by atoms with Gasteiger partial charge in [-0.05, 0) is 11.6 Å². The van der Waals surface area contributed by atoms with Gasteiger partial charge in [0.15, 0.2) is 0 Å². The van der Waals surface area contributed by atoms with E-state index in [9.17, 15) is 9.59 Å². The van der Waals surface area contributed by atoms with E-state index in [1.54, 1.807) is 0 Å². The molecule has 0 aliphatic rings. The monoisotopic (exact) mass is 331 g/mol. The highest BCUT2D eigenvalue weighted by molar-refractivity contribution is 9.10. The van der Waals surface area contributed by atoms with Crippen LogP contribution >= 0.6 is 27.7 Å². The molecular formula is C12H14BrNO3S. The van der Waals surface area contributed by atoms with E-state index in [0.29, 0.717) is 11.5 Å². The van der Waals surface area contributed by atoms with E-state index in [0.717, 1.165) is 10.0 Å². The Balaban J connectivity index is 2.46. The quantitative estimate of drug-likeness (QED) is 0.839. The van der Waals surface area contributed by atoms with Crippen LogP contribution in [0.25, 0.3) is 0 Å². The number of thioether (sulfide) groups is 1. The normalized spacial score (nSPS) is 11.9. The molecule has 0 bridgehead atoms. The first-order valence-electron chi connectivity index (χ1n) is 5.31. The summed E-state index contributed by atoms with van der Waals surface area (Å²) in [5, 5.41) is 11.3. The van der Waals surface area contributed by atoms with E-state index in [-0.39, 0.29) is 5.91 Å². The number of carbonyl (C=O) groups excluding carboxylic acids is 1. The van der Waals surface area contributed by atoms with Crippen molar-refractivity contribution in [1.82, 2.24) is 5.32 Å². The zero-order valence-corrected chi connectivity index (χ0v) is 12.3. The molecule has 1 unspecified atom stereocenters. The van der Waals surface area contributed by atoms with Gasteiger partial charge in [-0.25, -0.2) is 4.79 Å². The number of carbonyl (C=O) groups is 2. The van der Waals surface area contributed by atoms with Crippen molar-refractivity contribution < 1.29 is 14.7 Å². The summed E-state index contributed by atoms with van der Waals surface area (Å²) in [4.78, 5) is 21.8. The third-order valence-corrected chi connectivity index (χ3v) is 4.03. The van der Waals surface area contributed by atoms with Crippen LogP contribution in [0.1, 0.15) is 12.5 Å². The molecular weight excluding hydrogens is 318 g/mol. The maximum atomic E-state index is 10.9. The van der Waals surface area contributed by atoms with Crippen LogP contribution in [0.4, 0.5) is 0 Å². The molecule has 1 rings (SSSR count). The van der Waals surface area contributed by atoms with Gasteiger partial charge in [0.1, 0.15) is 6.04 Å². The summed E-state index contributed by atoms with van der Waals surface area (Å²) in [5.41, 5.74) is 1.11. The molecule has 98 valence electrons. The minimum Gasteiger partial charge on any atom is -0.480 e. The molecule has 0 aromatic heterocycles. The van der Waals surface area contributed by atoms with Gasteiger partial charge in [-0.2, -0.15) is 11.8 Å². The second kappa shape index (κ2) is 7.43. The summed E-state index contributed by atoms with van der Waals surface area (Å²) in [7, 11) is 0. The molecule has 0 aliphatic heterocycles. The van der Waals surface area contributed by atoms with Crippen LogP contribution in [-0.2, 0) is 15.3 Å². The van der Waals surface area contributed by atoms with Crippen LogP contribution in [0.5, 0.6) is 0 Å². The minimum absolute atomic E-state index is 0.330. The van der Waals surface area contributed by atoms with Crippen molar-refractivity contribution in [3.05, 3.63) is 34.3 Å². The Morgan fingerprint density at radius 1 is 1.44 bits per heavy atom. The first kappa shape index (κ1) is 15.0.